The van der Waals surface area contributed by atoms with Gasteiger partial charge in [-0.25, -0.2) is 13.2 Å². The minimum Gasteiger partial charge on any atom is -0.310 e. The van der Waals surface area contributed by atoms with E-state index in [2.05, 4.69) is 5.32 Å². The van der Waals surface area contributed by atoms with Crippen LogP contribution in [0.1, 0.15) is 19.4 Å². The van der Waals surface area contributed by atoms with Crippen LogP contribution in [0.25, 0.3) is 11.1 Å². The molecule has 0 unspecified atom stereocenters. The summed E-state index contributed by atoms with van der Waals surface area (Å²) in [5.41, 5.74) is 0.835. The Morgan fingerprint density at radius 3 is 2.19 bits per heavy atom. The maximum atomic E-state index is 13.7. The van der Waals surface area contributed by atoms with Crippen molar-refractivity contribution in [1.82, 2.24) is 5.32 Å². The van der Waals surface area contributed by atoms with Gasteiger partial charge in [0.05, 0.1) is 5.56 Å². The third kappa shape index (κ3) is 3.77. The van der Waals surface area contributed by atoms with Crippen LogP contribution in [0, 0.1) is 17.5 Å². The van der Waals surface area contributed by atoms with Crippen LogP contribution < -0.4 is 5.32 Å². The first-order valence-electron chi connectivity index (χ1n) is 6.55. The summed E-state index contributed by atoms with van der Waals surface area (Å²) in [6, 6.07) is 6.37. The van der Waals surface area contributed by atoms with Gasteiger partial charge in [-0.3, -0.25) is 0 Å². The van der Waals surface area contributed by atoms with Gasteiger partial charge in [0.1, 0.15) is 17.5 Å². The van der Waals surface area contributed by atoms with E-state index in [4.69, 9.17) is 11.6 Å². The highest BCUT2D eigenvalue weighted by molar-refractivity contribution is 6.31. The SMILES string of the molecule is CC(C)NCc1ccc(-c2c(F)cc(F)cc2F)cc1Cl. The highest BCUT2D eigenvalue weighted by Gasteiger charge is 2.14. The van der Waals surface area contributed by atoms with E-state index in [1.807, 2.05) is 13.8 Å². The first-order valence-corrected chi connectivity index (χ1v) is 6.93. The molecular formula is C16H15ClF3N. The lowest BCUT2D eigenvalue weighted by Crippen LogP contribution is -2.21. The van der Waals surface area contributed by atoms with E-state index in [0.717, 1.165) is 5.56 Å². The fourth-order valence-electron chi connectivity index (χ4n) is 1.98. The number of nitrogens with one attached hydrogen (secondary N) is 1. The standard InChI is InChI=1S/C16H15ClF3N/c1-9(2)21-8-11-4-3-10(5-13(11)17)16-14(19)6-12(18)7-15(16)20/h3-7,9,21H,8H2,1-2H3. The van der Waals surface area contributed by atoms with Crippen LogP contribution in [-0.2, 0) is 6.54 Å². The van der Waals surface area contributed by atoms with E-state index in [9.17, 15) is 13.2 Å². The Kier molecular flexibility index (Phi) is 4.91. The van der Waals surface area contributed by atoms with Crippen molar-refractivity contribution in [3.05, 3.63) is 58.4 Å². The second kappa shape index (κ2) is 6.50. The summed E-state index contributed by atoms with van der Waals surface area (Å²) in [6.07, 6.45) is 0. The molecule has 1 N–H and O–H groups in total. The molecule has 0 heterocycles. The van der Waals surface area contributed by atoms with Gasteiger partial charge in [-0.15, -0.1) is 0 Å². The Labute approximate surface area is 126 Å². The lowest BCUT2D eigenvalue weighted by molar-refractivity contribution is 0.548. The van der Waals surface area contributed by atoms with Crippen LogP contribution in [0.5, 0.6) is 0 Å². The Hall–Kier alpha value is -1.52. The summed E-state index contributed by atoms with van der Waals surface area (Å²) in [5.74, 6) is -2.84. The van der Waals surface area contributed by atoms with E-state index in [0.29, 0.717) is 29.7 Å². The molecule has 0 radical (unpaired) electrons. The second-order valence-corrected chi connectivity index (χ2v) is 5.49. The van der Waals surface area contributed by atoms with Gasteiger partial charge in [-0.2, -0.15) is 0 Å². The molecule has 0 aliphatic heterocycles. The largest absolute Gasteiger partial charge is 0.310 e. The monoisotopic (exact) mass is 313 g/mol. The second-order valence-electron chi connectivity index (χ2n) is 5.09. The van der Waals surface area contributed by atoms with Crippen LogP contribution in [0.2, 0.25) is 5.02 Å². The Morgan fingerprint density at radius 1 is 1.05 bits per heavy atom. The number of benzene rings is 2. The summed E-state index contributed by atoms with van der Waals surface area (Å²) in [6.45, 7) is 4.57. The number of hydrogen-bond acceptors (Lipinski definition) is 1. The molecule has 0 atom stereocenters. The molecule has 0 aliphatic carbocycles. The van der Waals surface area contributed by atoms with Crippen molar-refractivity contribution >= 4 is 11.6 Å². The summed E-state index contributed by atoms with van der Waals surface area (Å²) in [7, 11) is 0. The molecule has 112 valence electrons. The van der Waals surface area contributed by atoms with E-state index < -0.39 is 17.5 Å². The molecule has 0 aliphatic rings. The van der Waals surface area contributed by atoms with E-state index in [1.54, 1.807) is 12.1 Å². The lowest BCUT2D eigenvalue weighted by Gasteiger charge is -2.12. The van der Waals surface area contributed by atoms with Crippen molar-refractivity contribution in [2.24, 2.45) is 0 Å². The van der Waals surface area contributed by atoms with Crippen molar-refractivity contribution in [2.45, 2.75) is 26.4 Å². The fourth-order valence-corrected chi connectivity index (χ4v) is 2.23. The lowest BCUT2D eigenvalue weighted by atomic mass is 10.0. The zero-order valence-corrected chi connectivity index (χ0v) is 12.4. The molecule has 5 heteroatoms. The average Bonchev–Trinajstić information content (AvgIpc) is 2.36. The molecule has 21 heavy (non-hydrogen) atoms. The highest BCUT2D eigenvalue weighted by atomic mass is 35.5. The molecule has 0 saturated carbocycles. The first-order chi connectivity index (χ1) is 9.88. The average molecular weight is 314 g/mol. The summed E-state index contributed by atoms with van der Waals surface area (Å²) >= 11 is 6.14. The minimum absolute atomic E-state index is 0.276. The molecule has 0 bridgehead atoms. The number of halogens is 4. The molecule has 2 aromatic carbocycles. The molecule has 2 rings (SSSR count). The molecule has 0 aromatic heterocycles. The third-order valence-corrected chi connectivity index (χ3v) is 3.40. The van der Waals surface area contributed by atoms with Gasteiger partial charge >= 0.3 is 0 Å². The maximum absolute atomic E-state index is 13.7. The zero-order valence-electron chi connectivity index (χ0n) is 11.7. The zero-order chi connectivity index (χ0) is 15.6. The van der Waals surface area contributed by atoms with Crippen LogP contribution >= 0.6 is 11.6 Å². The van der Waals surface area contributed by atoms with Gasteiger partial charge < -0.3 is 5.32 Å². The number of hydrogen-bond donors (Lipinski definition) is 1. The smallest absolute Gasteiger partial charge is 0.136 e. The normalized spacial score (nSPS) is 11.2. The van der Waals surface area contributed by atoms with Crippen molar-refractivity contribution in [3.63, 3.8) is 0 Å². The van der Waals surface area contributed by atoms with Crippen molar-refractivity contribution in [2.75, 3.05) is 0 Å². The molecular weight excluding hydrogens is 299 g/mol. The summed E-state index contributed by atoms with van der Waals surface area (Å²) in [4.78, 5) is 0. The Morgan fingerprint density at radius 2 is 1.67 bits per heavy atom. The third-order valence-electron chi connectivity index (χ3n) is 3.05. The molecule has 0 amide bonds. The van der Waals surface area contributed by atoms with E-state index in [-0.39, 0.29) is 11.1 Å². The van der Waals surface area contributed by atoms with Crippen LogP contribution in [0.15, 0.2) is 30.3 Å². The van der Waals surface area contributed by atoms with Crippen molar-refractivity contribution in [3.8, 4) is 11.1 Å². The number of rotatable bonds is 4. The topological polar surface area (TPSA) is 12.0 Å². The Bertz CT molecular complexity index is 633. The highest BCUT2D eigenvalue weighted by Crippen LogP contribution is 2.30. The molecule has 2 aromatic rings. The van der Waals surface area contributed by atoms with Gasteiger partial charge in [0.2, 0.25) is 0 Å². The van der Waals surface area contributed by atoms with Gasteiger partial charge in [0, 0.05) is 29.7 Å². The Balaban J connectivity index is 2.36. The molecule has 0 saturated heterocycles. The summed E-state index contributed by atoms with van der Waals surface area (Å²) in [5, 5.41) is 3.62. The predicted molar refractivity (Wildman–Crippen MR) is 78.7 cm³/mol. The maximum Gasteiger partial charge on any atom is 0.136 e. The minimum atomic E-state index is -0.948. The van der Waals surface area contributed by atoms with Crippen molar-refractivity contribution in [1.29, 1.82) is 0 Å². The summed E-state index contributed by atoms with van der Waals surface area (Å²) < 4.78 is 40.4. The fraction of sp³-hybridized carbons (Fsp3) is 0.250. The van der Waals surface area contributed by atoms with E-state index in [1.165, 1.54) is 6.07 Å². The van der Waals surface area contributed by atoms with Crippen LogP contribution in [-0.4, -0.2) is 6.04 Å². The molecule has 0 spiro atoms. The van der Waals surface area contributed by atoms with Crippen molar-refractivity contribution < 1.29 is 13.2 Å². The van der Waals surface area contributed by atoms with E-state index >= 15 is 0 Å². The molecule has 0 fully saturated rings. The predicted octanol–water partition coefficient (Wildman–Crippen LogP) is 4.92. The van der Waals surface area contributed by atoms with Gasteiger partial charge in [0.25, 0.3) is 0 Å². The van der Waals surface area contributed by atoms with Crippen LogP contribution in [0.3, 0.4) is 0 Å². The van der Waals surface area contributed by atoms with Crippen LogP contribution in [0.4, 0.5) is 13.2 Å². The van der Waals surface area contributed by atoms with Gasteiger partial charge in [-0.1, -0.05) is 37.6 Å². The molecule has 1 nitrogen and oxygen atoms in total. The first kappa shape index (κ1) is 15.9. The quantitative estimate of drug-likeness (QED) is 0.844. The van der Waals surface area contributed by atoms with Gasteiger partial charge in [-0.05, 0) is 17.2 Å². The van der Waals surface area contributed by atoms with Gasteiger partial charge in [0.15, 0.2) is 0 Å².